The Kier molecular flexibility index (Phi) is 15.5. The fourth-order valence-corrected chi connectivity index (χ4v) is 2.44. The summed E-state index contributed by atoms with van der Waals surface area (Å²) in [5, 5.41) is 0. The molecule has 0 atom stereocenters. The highest BCUT2D eigenvalue weighted by Crippen LogP contribution is 2.12. The third-order valence-electron chi connectivity index (χ3n) is 3.81. The van der Waals surface area contributed by atoms with Gasteiger partial charge in [-0.15, -0.1) is 0 Å². The van der Waals surface area contributed by atoms with Crippen molar-refractivity contribution in [3.63, 3.8) is 0 Å². The molecule has 2 heteroatoms. The summed E-state index contributed by atoms with van der Waals surface area (Å²) < 4.78 is 5.16. The van der Waals surface area contributed by atoms with Crippen molar-refractivity contribution in [1.29, 1.82) is 0 Å². The highest BCUT2D eigenvalue weighted by Gasteiger charge is 2.03. The van der Waals surface area contributed by atoms with Gasteiger partial charge in [0, 0.05) is 6.42 Å². The molecule has 0 aliphatic rings. The van der Waals surface area contributed by atoms with Crippen molar-refractivity contribution in [2.24, 2.45) is 5.92 Å². The van der Waals surface area contributed by atoms with Gasteiger partial charge in [0.25, 0.3) is 0 Å². The second kappa shape index (κ2) is 15.9. The maximum absolute atomic E-state index is 11.4. The van der Waals surface area contributed by atoms with Gasteiger partial charge >= 0.3 is 5.97 Å². The molecule has 0 saturated carbocycles. The molecule has 2 nitrogen and oxygen atoms in total. The molecule has 0 aromatic heterocycles. The highest BCUT2D eigenvalue weighted by atomic mass is 16.5. The fourth-order valence-electron chi connectivity index (χ4n) is 2.44. The Bertz CT molecular complexity index is 224. The van der Waals surface area contributed by atoms with Crippen LogP contribution in [0.25, 0.3) is 0 Å². The van der Waals surface area contributed by atoms with E-state index in [9.17, 15) is 4.79 Å². The van der Waals surface area contributed by atoms with Gasteiger partial charge in [-0.25, -0.2) is 0 Å². The SMILES string of the molecule is CCCCCCCCCCCCCCC(=O)OCC(C)C. The molecule has 0 spiro atoms. The molecule has 0 saturated heterocycles. The minimum Gasteiger partial charge on any atom is -0.465 e. The van der Waals surface area contributed by atoms with Crippen molar-refractivity contribution in [2.75, 3.05) is 6.61 Å². The molecule has 0 fully saturated rings. The third-order valence-corrected chi connectivity index (χ3v) is 3.81. The van der Waals surface area contributed by atoms with Crippen LogP contribution in [0, 0.1) is 5.92 Å². The highest BCUT2D eigenvalue weighted by molar-refractivity contribution is 5.69. The van der Waals surface area contributed by atoms with E-state index in [1.807, 2.05) is 0 Å². The average molecular weight is 299 g/mol. The number of hydrogen-bond acceptors (Lipinski definition) is 2. The summed E-state index contributed by atoms with van der Waals surface area (Å²) in [4.78, 5) is 11.4. The lowest BCUT2D eigenvalue weighted by atomic mass is 10.0. The third kappa shape index (κ3) is 17.4. The summed E-state index contributed by atoms with van der Waals surface area (Å²) in [5.41, 5.74) is 0. The Hall–Kier alpha value is -0.530. The molecule has 0 bridgehead atoms. The van der Waals surface area contributed by atoms with Gasteiger partial charge in [0.2, 0.25) is 0 Å². The summed E-state index contributed by atoms with van der Waals surface area (Å²) in [6.45, 7) is 6.97. The summed E-state index contributed by atoms with van der Waals surface area (Å²) >= 11 is 0. The first-order chi connectivity index (χ1) is 10.2. The van der Waals surface area contributed by atoms with Crippen molar-refractivity contribution in [3.8, 4) is 0 Å². The first kappa shape index (κ1) is 20.5. The number of hydrogen-bond donors (Lipinski definition) is 0. The molecule has 0 radical (unpaired) electrons. The second-order valence-corrected chi connectivity index (χ2v) is 6.72. The first-order valence-corrected chi connectivity index (χ1v) is 9.32. The number of rotatable bonds is 15. The van der Waals surface area contributed by atoms with E-state index in [4.69, 9.17) is 4.74 Å². The van der Waals surface area contributed by atoms with Crippen molar-refractivity contribution in [3.05, 3.63) is 0 Å². The molecule has 0 aliphatic heterocycles. The number of esters is 1. The van der Waals surface area contributed by atoms with Crippen LogP contribution in [0.2, 0.25) is 0 Å². The van der Waals surface area contributed by atoms with Crippen LogP contribution in [-0.4, -0.2) is 12.6 Å². The van der Waals surface area contributed by atoms with Crippen LogP contribution in [0.5, 0.6) is 0 Å². The van der Waals surface area contributed by atoms with Gasteiger partial charge in [-0.2, -0.15) is 0 Å². The lowest BCUT2D eigenvalue weighted by molar-refractivity contribution is -0.144. The zero-order chi connectivity index (χ0) is 15.8. The number of unbranched alkanes of at least 4 members (excludes halogenated alkanes) is 11. The molecular weight excluding hydrogens is 260 g/mol. The molecule has 126 valence electrons. The van der Waals surface area contributed by atoms with Crippen LogP contribution >= 0.6 is 0 Å². The number of ether oxygens (including phenoxy) is 1. The molecule has 0 heterocycles. The Morgan fingerprint density at radius 1 is 0.762 bits per heavy atom. The zero-order valence-electron chi connectivity index (χ0n) is 14.8. The molecule has 0 unspecified atom stereocenters. The predicted molar refractivity (Wildman–Crippen MR) is 91.5 cm³/mol. The van der Waals surface area contributed by atoms with Crippen molar-refractivity contribution in [1.82, 2.24) is 0 Å². The van der Waals surface area contributed by atoms with Gasteiger partial charge in [0.05, 0.1) is 6.61 Å². The molecule has 0 aliphatic carbocycles. The normalized spacial score (nSPS) is 11.0. The van der Waals surface area contributed by atoms with Gasteiger partial charge in [0.15, 0.2) is 0 Å². The Morgan fingerprint density at radius 2 is 1.19 bits per heavy atom. The van der Waals surface area contributed by atoms with E-state index in [0.717, 1.165) is 6.42 Å². The van der Waals surface area contributed by atoms with E-state index in [1.165, 1.54) is 70.6 Å². The van der Waals surface area contributed by atoms with E-state index in [0.29, 0.717) is 18.9 Å². The van der Waals surface area contributed by atoms with Crippen molar-refractivity contribution < 1.29 is 9.53 Å². The van der Waals surface area contributed by atoms with Gasteiger partial charge in [-0.05, 0) is 12.3 Å². The maximum atomic E-state index is 11.4. The molecule has 0 rings (SSSR count). The van der Waals surface area contributed by atoms with E-state index in [2.05, 4.69) is 20.8 Å². The molecule has 0 N–H and O–H groups in total. The standard InChI is InChI=1S/C19H38O2/c1-4-5-6-7-8-9-10-11-12-13-14-15-16-19(20)21-17-18(2)3/h18H,4-17H2,1-3H3. The quantitative estimate of drug-likeness (QED) is 0.263. The Labute approximate surface area is 133 Å². The smallest absolute Gasteiger partial charge is 0.305 e. The van der Waals surface area contributed by atoms with Gasteiger partial charge in [0.1, 0.15) is 0 Å². The van der Waals surface area contributed by atoms with Crippen molar-refractivity contribution in [2.45, 2.75) is 104 Å². The Balaban J connectivity index is 3.10. The zero-order valence-corrected chi connectivity index (χ0v) is 14.8. The first-order valence-electron chi connectivity index (χ1n) is 9.32. The van der Waals surface area contributed by atoms with Gasteiger partial charge < -0.3 is 4.74 Å². The van der Waals surface area contributed by atoms with E-state index < -0.39 is 0 Å². The van der Waals surface area contributed by atoms with Gasteiger partial charge in [-0.1, -0.05) is 91.4 Å². The minimum atomic E-state index is -0.0178. The maximum Gasteiger partial charge on any atom is 0.305 e. The van der Waals surface area contributed by atoms with E-state index in [1.54, 1.807) is 0 Å². The van der Waals surface area contributed by atoms with Crippen LogP contribution in [0.1, 0.15) is 104 Å². The fraction of sp³-hybridized carbons (Fsp3) is 0.947. The van der Waals surface area contributed by atoms with E-state index in [-0.39, 0.29) is 5.97 Å². The molecule has 0 aromatic carbocycles. The second-order valence-electron chi connectivity index (χ2n) is 6.72. The summed E-state index contributed by atoms with van der Waals surface area (Å²) in [5.74, 6) is 0.423. The van der Waals surface area contributed by atoms with E-state index >= 15 is 0 Å². The molecule has 0 amide bonds. The van der Waals surface area contributed by atoms with Crippen LogP contribution in [0.4, 0.5) is 0 Å². The molecule has 21 heavy (non-hydrogen) atoms. The van der Waals surface area contributed by atoms with Crippen LogP contribution in [0.3, 0.4) is 0 Å². The Morgan fingerprint density at radius 3 is 1.62 bits per heavy atom. The average Bonchev–Trinajstić information content (AvgIpc) is 2.46. The largest absolute Gasteiger partial charge is 0.465 e. The number of carbonyl (C=O) groups excluding carboxylic acids is 1. The lowest BCUT2D eigenvalue weighted by Gasteiger charge is -2.07. The summed E-state index contributed by atoms with van der Waals surface area (Å²) in [6.07, 6.45) is 16.5. The lowest BCUT2D eigenvalue weighted by Crippen LogP contribution is -2.09. The molecular formula is C19H38O2. The summed E-state index contributed by atoms with van der Waals surface area (Å²) in [7, 11) is 0. The van der Waals surface area contributed by atoms with Crippen LogP contribution in [-0.2, 0) is 9.53 Å². The molecule has 0 aromatic rings. The summed E-state index contributed by atoms with van der Waals surface area (Å²) in [6, 6.07) is 0. The van der Waals surface area contributed by atoms with Crippen molar-refractivity contribution >= 4 is 5.97 Å². The number of carbonyl (C=O) groups is 1. The monoisotopic (exact) mass is 298 g/mol. The topological polar surface area (TPSA) is 26.3 Å². The minimum absolute atomic E-state index is 0.0178. The van der Waals surface area contributed by atoms with Gasteiger partial charge in [-0.3, -0.25) is 4.79 Å². The predicted octanol–water partition coefficient (Wildman–Crippen LogP) is 6.28. The van der Waals surface area contributed by atoms with Crippen LogP contribution in [0.15, 0.2) is 0 Å². The van der Waals surface area contributed by atoms with Crippen LogP contribution < -0.4 is 0 Å².